The molecule has 0 saturated heterocycles. The van der Waals surface area contributed by atoms with Crippen molar-refractivity contribution in [3.8, 4) is 34.2 Å². The van der Waals surface area contributed by atoms with Gasteiger partial charge >= 0.3 is 5.97 Å². The standard InChI is InChI=1S/C24H24N4O3/c1-4-16-13-18(12-15(2)19(16)10-11-22(29)30)23-25-24(31-27-23)20-14-21(28(3)26-20)17-8-6-5-7-9-17/h5-9,12-14H,4,10-11H2,1-3H3,(H,29,30). The summed E-state index contributed by atoms with van der Waals surface area (Å²) in [4.78, 5) is 15.6. The predicted octanol–water partition coefficient (Wildman–Crippen LogP) is 4.69. The highest BCUT2D eigenvalue weighted by Gasteiger charge is 2.18. The molecule has 4 aromatic rings. The van der Waals surface area contributed by atoms with Gasteiger partial charge in [0.1, 0.15) is 0 Å². The van der Waals surface area contributed by atoms with Gasteiger partial charge < -0.3 is 9.63 Å². The van der Waals surface area contributed by atoms with Gasteiger partial charge in [-0.3, -0.25) is 9.48 Å². The smallest absolute Gasteiger partial charge is 0.303 e. The molecule has 0 unspecified atom stereocenters. The van der Waals surface area contributed by atoms with Crippen LogP contribution in [0.3, 0.4) is 0 Å². The number of carboxylic acids is 1. The number of aliphatic carboxylic acids is 1. The minimum absolute atomic E-state index is 0.114. The topological polar surface area (TPSA) is 94.0 Å². The summed E-state index contributed by atoms with van der Waals surface area (Å²) in [7, 11) is 1.88. The fourth-order valence-corrected chi connectivity index (χ4v) is 3.82. The molecule has 2 heterocycles. The molecule has 31 heavy (non-hydrogen) atoms. The highest BCUT2D eigenvalue weighted by Crippen LogP contribution is 2.29. The lowest BCUT2D eigenvalue weighted by Gasteiger charge is -2.12. The van der Waals surface area contributed by atoms with Crippen molar-refractivity contribution in [3.05, 3.63) is 65.2 Å². The van der Waals surface area contributed by atoms with E-state index in [9.17, 15) is 4.79 Å². The van der Waals surface area contributed by atoms with Crippen molar-refractivity contribution in [1.29, 1.82) is 0 Å². The lowest BCUT2D eigenvalue weighted by Crippen LogP contribution is -2.03. The molecule has 2 aromatic heterocycles. The van der Waals surface area contributed by atoms with Crippen LogP contribution in [0.25, 0.3) is 34.2 Å². The van der Waals surface area contributed by atoms with Gasteiger partial charge in [0.15, 0.2) is 5.69 Å². The average molecular weight is 416 g/mol. The molecule has 0 fully saturated rings. The number of carboxylic acid groups (broad SMARTS) is 1. The zero-order valence-electron chi connectivity index (χ0n) is 17.8. The van der Waals surface area contributed by atoms with E-state index in [1.54, 1.807) is 4.68 Å². The molecule has 0 amide bonds. The maximum Gasteiger partial charge on any atom is 0.303 e. The van der Waals surface area contributed by atoms with Crippen LogP contribution in [0.15, 0.2) is 53.1 Å². The first kappa shape index (κ1) is 20.5. The van der Waals surface area contributed by atoms with Crippen molar-refractivity contribution >= 4 is 5.97 Å². The van der Waals surface area contributed by atoms with Crippen molar-refractivity contribution in [2.75, 3.05) is 0 Å². The van der Waals surface area contributed by atoms with Crippen molar-refractivity contribution < 1.29 is 14.4 Å². The monoisotopic (exact) mass is 416 g/mol. The minimum Gasteiger partial charge on any atom is -0.481 e. The van der Waals surface area contributed by atoms with Crippen molar-refractivity contribution in [1.82, 2.24) is 19.9 Å². The van der Waals surface area contributed by atoms with Crippen molar-refractivity contribution in [2.24, 2.45) is 7.05 Å². The molecule has 0 bridgehead atoms. The number of carbonyl (C=O) groups is 1. The molecule has 158 valence electrons. The van der Waals surface area contributed by atoms with E-state index in [0.29, 0.717) is 23.8 Å². The molecule has 0 spiro atoms. The summed E-state index contributed by atoms with van der Waals surface area (Å²) < 4.78 is 7.31. The highest BCUT2D eigenvalue weighted by molar-refractivity contribution is 5.68. The van der Waals surface area contributed by atoms with Crippen LogP contribution in [-0.4, -0.2) is 31.0 Å². The second-order valence-corrected chi connectivity index (χ2v) is 7.51. The molecule has 0 aliphatic carbocycles. The number of hydrogen-bond donors (Lipinski definition) is 1. The van der Waals surface area contributed by atoms with E-state index >= 15 is 0 Å². The van der Waals surface area contributed by atoms with Crippen LogP contribution in [0.5, 0.6) is 0 Å². The number of benzene rings is 2. The number of aryl methyl sites for hydroxylation is 3. The Kier molecular flexibility index (Phi) is 5.66. The normalized spacial score (nSPS) is 11.1. The first-order chi connectivity index (χ1) is 15.0. The van der Waals surface area contributed by atoms with Gasteiger partial charge in [0, 0.05) is 19.0 Å². The van der Waals surface area contributed by atoms with E-state index in [2.05, 4.69) is 22.2 Å². The fraction of sp³-hybridized carbons (Fsp3) is 0.250. The molecule has 0 saturated carbocycles. The molecule has 1 N–H and O–H groups in total. The fourth-order valence-electron chi connectivity index (χ4n) is 3.82. The van der Waals surface area contributed by atoms with E-state index in [4.69, 9.17) is 9.63 Å². The van der Waals surface area contributed by atoms with Gasteiger partial charge in [-0.05, 0) is 60.2 Å². The van der Waals surface area contributed by atoms with Crippen LogP contribution in [0.4, 0.5) is 0 Å². The second-order valence-electron chi connectivity index (χ2n) is 7.51. The van der Waals surface area contributed by atoms with Crippen molar-refractivity contribution in [3.63, 3.8) is 0 Å². The Bertz CT molecular complexity index is 1230. The van der Waals surface area contributed by atoms with Gasteiger partial charge in [-0.15, -0.1) is 0 Å². The Morgan fingerprint density at radius 2 is 1.90 bits per heavy atom. The van der Waals surface area contributed by atoms with Crippen LogP contribution in [0.1, 0.15) is 30.0 Å². The maximum atomic E-state index is 11.0. The van der Waals surface area contributed by atoms with Gasteiger partial charge in [-0.1, -0.05) is 42.4 Å². The van der Waals surface area contributed by atoms with Gasteiger partial charge in [0.25, 0.3) is 5.89 Å². The largest absolute Gasteiger partial charge is 0.481 e. The molecule has 4 rings (SSSR count). The zero-order chi connectivity index (χ0) is 22.0. The Balaban J connectivity index is 1.65. The van der Waals surface area contributed by atoms with Gasteiger partial charge in [0.2, 0.25) is 5.82 Å². The minimum atomic E-state index is -0.793. The summed E-state index contributed by atoms with van der Waals surface area (Å²) in [5, 5.41) is 17.7. The Morgan fingerprint density at radius 3 is 2.61 bits per heavy atom. The third-order valence-corrected chi connectivity index (χ3v) is 5.39. The Hall–Kier alpha value is -3.74. The third kappa shape index (κ3) is 4.26. The molecule has 0 aliphatic rings. The highest BCUT2D eigenvalue weighted by atomic mass is 16.5. The summed E-state index contributed by atoms with van der Waals surface area (Å²) in [6.45, 7) is 4.05. The molecule has 7 nitrogen and oxygen atoms in total. The van der Waals surface area contributed by atoms with Gasteiger partial charge in [0.05, 0.1) is 5.69 Å². The second kappa shape index (κ2) is 8.55. The van der Waals surface area contributed by atoms with Crippen LogP contribution in [-0.2, 0) is 24.7 Å². The summed E-state index contributed by atoms with van der Waals surface area (Å²) in [5.41, 5.74) is 6.70. The lowest BCUT2D eigenvalue weighted by atomic mass is 9.93. The Labute approximate surface area is 180 Å². The molecular formula is C24H24N4O3. The lowest BCUT2D eigenvalue weighted by molar-refractivity contribution is -0.136. The number of aromatic nitrogens is 4. The molecule has 0 radical (unpaired) electrons. The molecular weight excluding hydrogens is 392 g/mol. The number of nitrogens with zero attached hydrogens (tertiary/aromatic N) is 4. The zero-order valence-corrected chi connectivity index (χ0v) is 17.8. The summed E-state index contributed by atoms with van der Waals surface area (Å²) >= 11 is 0. The quantitative estimate of drug-likeness (QED) is 0.470. The third-order valence-electron chi connectivity index (χ3n) is 5.39. The average Bonchev–Trinajstić information content (AvgIpc) is 3.40. The SMILES string of the molecule is CCc1cc(-c2noc(-c3cc(-c4ccccc4)n(C)n3)n2)cc(C)c1CCC(=O)O. The van der Waals surface area contributed by atoms with E-state index in [0.717, 1.165) is 39.9 Å². The van der Waals surface area contributed by atoms with Crippen LogP contribution in [0.2, 0.25) is 0 Å². The molecule has 0 atom stereocenters. The Morgan fingerprint density at radius 1 is 1.13 bits per heavy atom. The predicted molar refractivity (Wildman–Crippen MR) is 117 cm³/mol. The molecule has 0 aliphatic heterocycles. The van der Waals surface area contributed by atoms with Gasteiger partial charge in [-0.25, -0.2) is 0 Å². The number of rotatable bonds is 7. The van der Waals surface area contributed by atoms with Crippen LogP contribution < -0.4 is 0 Å². The molecule has 2 aromatic carbocycles. The van der Waals surface area contributed by atoms with Gasteiger partial charge in [-0.2, -0.15) is 10.1 Å². The van der Waals surface area contributed by atoms with E-state index in [1.807, 2.05) is 62.5 Å². The first-order valence-corrected chi connectivity index (χ1v) is 10.2. The number of hydrogen-bond acceptors (Lipinski definition) is 5. The van der Waals surface area contributed by atoms with Crippen molar-refractivity contribution in [2.45, 2.75) is 33.1 Å². The first-order valence-electron chi connectivity index (χ1n) is 10.2. The van der Waals surface area contributed by atoms with E-state index < -0.39 is 5.97 Å². The maximum absolute atomic E-state index is 11.0. The summed E-state index contributed by atoms with van der Waals surface area (Å²) in [5.74, 6) is 0.0570. The van der Waals surface area contributed by atoms with E-state index in [1.165, 1.54) is 0 Å². The summed E-state index contributed by atoms with van der Waals surface area (Å²) in [6, 6.07) is 15.9. The van der Waals surface area contributed by atoms with Crippen LogP contribution in [0, 0.1) is 6.92 Å². The van der Waals surface area contributed by atoms with E-state index in [-0.39, 0.29) is 6.42 Å². The molecule has 7 heteroatoms. The summed E-state index contributed by atoms with van der Waals surface area (Å²) in [6.07, 6.45) is 1.43. The van der Waals surface area contributed by atoms with Crippen LogP contribution >= 0.6 is 0 Å².